The summed E-state index contributed by atoms with van der Waals surface area (Å²) in [6.07, 6.45) is -2.66. The summed E-state index contributed by atoms with van der Waals surface area (Å²) in [5, 5.41) is 12.8. The van der Waals surface area contributed by atoms with Crippen molar-refractivity contribution in [3.05, 3.63) is 41.5 Å². The van der Waals surface area contributed by atoms with Gasteiger partial charge in [0.25, 0.3) is 5.82 Å². The highest BCUT2D eigenvalue weighted by molar-refractivity contribution is 5.83. The first-order valence-corrected chi connectivity index (χ1v) is 6.24. The summed E-state index contributed by atoms with van der Waals surface area (Å²) >= 11 is 0. The molecule has 8 heteroatoms. The Morgan fingerprint density at radius 2 is 1.86 bits per heavy atom. The molecule has 1 N–H and O–H groups in total. The Bertz CT molecular complexity index is 688. The molecule has 1 aliphatic carbocycles. The molecule has 0 spiro atoms. The van der Waals surface area contributed by atoms with Crippen LogP contribution in [0.25, 0.3) is 5.69 Å². The first-order valence-electron chi connectivity index (χ1n) is 6.24. The average molecular weight is 297 g/mol. The van der Waals surface area contributed by atoms with Gasteiger partial charge in [-0.1, -0.05) is 0 Å². The van der Waals surface area contributed by atoms with Gasteiger partial charge in [-0.3, -0.25) is 0 Å². The van der Waals surface area contributed by atoms with Crippen molar-refractivity contribution in [2.75, 3.05) is 0 Å². The van der Waals surface area contributed by atoms with Crippen LogP contribution in [-0.2, 0) is 6.18 Å². The van der Waals surface area contributed by atoms with Crippen LogP contribution in [0.4, 0.5) is 13.2 Å². The van der Waals surface area contributed by atoms with Crippen LogP contribution in [-0.4, -0.2) is 25.8 Å². The maximum absolute atomic E-state index is 12.5. The number of alkyl halides is 3. The molecule has 0 unspecified atom stereocenters. The minimum Gasteiger partial charge on any atom is -0.475 e. The van der Waals surface area contributed by atoms with Crippen LogP contribution in [0.3, 0.4) is 0 Å². The molecule has 1 aromatic carbocycles. The monoisotopic (exact) mass is 297 g/mol. The smallest absolute Gasteiger partial charge is 0.416 e. The van der Waals surface area contributed by atoms with Gasteiger partial charge in [0.15, 0.2) is 0 Å². The third-order valence-corrected chi connectivity index (χ3v) is 3.21. The zero-order chi connectivity index (χ0) is 15.2. The Morgan fingerprint density at radius 3 is 2.33 bits per heavy atom. The second-order valence-corrected chi connectivity index (χ2v) is 4.83. The summed E-state index contributed by atoms with van der Waals surface area (Å²) in [4.78, 5) is 14.9. The molecule has 0 radical (unpaired) electrons. The second-order valence-electron chi connectivity index (χ2n) is 4.83. The topological polar surface area (TPSA) is 68.0 Å². The molecule has 0 bridgehead atoms. The highest BCUT2D eigenvalue weighted by Gasteiger charge is 2.33. The summed E-state index contributed by atoms with van der Waals surface area (Å²) in [6.45, 7) is 0. The molecule has 110 valence electrons. The second kappa shape index (κ2) is 4.57. The Morgan fingerprint density at radius 1 is 1.24 bits per heavy atom. The van der Waals surface area contributed by atoms with E-state index in [0.29, 0.717) is 11.5 Å². The Hall–Kier alpha value is -2.38. The van der Waals surface area contributed by atoms with Crippen molar-refractivity contribution in [3.63, 3.8) is 0 Å². The lowest BCUT2D eigenvalue weighted by Gasteiger charge is -2.08. The van der Waals surface area contributed by atoms with Crippen molar-refractivity contribution in [2.45, 2.75) is 24.9 Å². The zero-order valence-electron chi connectivity index (χ0n) is 10.6. The number of hydrogen-bond acceptors (Lipinski definition) is 3. The number of rotatable bonds is 3. The lowest BCUT2D eigenvalue weighted by Crippen LogP contribution is -2.07. The lowest BCUT2D eigenvalue weighted by molar-refractivity contribution is -0.137. The SMILES string of the molecule is O=C(O)c1nc(C2CC2)n(-c2ccc(C(F)(F)F)cc2)n1. The third kappa shape index (κ3) is 2.61. The van der Waals surface area contributed by atoms with Crippen molar-refractivity contribution in [1.82, 2.24) is 14.8 Å². The van der Waals surface area contributed by atoms with E-state index in [9.17, 15) is 18.0 Å². The van der Waals surface area contributed by atoms with Crippen molar-refractivity contribution in [1.29, 1.82) is 0 Å². The van der Waals surface area contributed by atoms with Crippen LogP contribution in [0.2, 0.25) is 0 Å². The molecular formula is C13H10F3N3O2. The highest BCUT2D eigenvalue weighted by Crippen LogP contribution is 2.40. The molecule has 1 heterocycles. The Labute approximate surface area is 117 Å². The van der Waals surface area contributed by atoms with Crippen LogP contribution in [0.15, 0.2) is 24.3 Å². The fourth-order valence-electron chi connectivity index (χ4n) is 2.00. The van der Waals surface area contributed by atoms with Crippen molar-refractivity contribution in [2.24, 2.45) is 0 Å². The first kappa shape index (κ1) is 13.6. The van der Waals surface area contributed by atoms with Gasteiger partial charge in [0, 0.05) is 5.92 Å². The number of nitrogens with zero attached hydrogens (tertiary/aromatic N) is 3. The molecule has 1 aliphatic rings. The average Bonchev–Trinajstić information content (AvgIpc) is 3.16. The van der Waals surface area contributed by atoms with E-state index < -0.39 is 17.7 Å². The van der Waals surface area contributed by atoms with E-state index in [1.165, 1.54) is 16.8 Å². The maximum Gasteiger partial charge on any atom is 0.416 e. The fraction of sp³-hybridized carbons (Fsp3) is 0.308. The molecule has 1 fully saturated rings. The molecule has 1 aromatic heterocycles. The summed E-state index contributed by atoms with van der Waals surface area (Å²) < 4.78 is 38.9. The first-order chi connectivity index (χ1) is 9.86. The van der Waals surface area contributed by atoms with E-state index in [1.807, 2.05) is 0 Å². The van der Waals surface area contributed by atoms with E-state index in [0.717, 1.165) is 25.0 Å². The summed E-state index contributed by atoms with van der Waals surface area (Å²) in [5.41, 5.74) is -0.400. The van der Waals surface area contributed by atoms with Gasteiger partial charge in [0.05, 0.1) is 11.3 Å². The summed E-state index contributed by atoms with van der Waals surface area (Å²) in [5.74, 6) is -1.01. The van der Waals surface area contributed by atoms with Gasteiger partial charge >= 0.3 is 12.1 Å². The van der Waals surface area contributed by atoms with E-state index >= 15 is 0 Å². The van der Waals surface area contributed by atoms with Crippen molar-refractivity contribution >= 4 is 5.97 Å². The van der Waals surface area contributed by atoms with Gasteiger partial charge in [-0.15, -0.1) is 5.10 Å². The molecule has 1 saturated carbocycles. The third-order valence-electron chi connectivity index (χ3n) is 3.21. The Balaban J connectivity index is 2.01. The van der Waals surface area contributed by atoms with Crippen molar-refractivity contribution < 1.29 is 23.1 Å². The molecular weight excluding hydrogens is 287 g/mol. The Kier molecular flexibility index (Phi) is 2.96. The maximum atomic E-state index is 12.5. The van der Waals surface area contributed by atoms with Crippen LogP contribution < -0.4 is 0 Å². The predicted octanol–water partition coefficient (Wildman–Crippen LogP) is 2.86. The molecule has 3 rings (SSSR count). The number of halogens is 3. The summed E-state index contributed by atoms with van der Waals surface area (Å²) in [6, 6.07) is 4.40. The number of carboxylic acid groups (broad SMARTS) is 1. The highest BCUT2D eigenvalue weighted by atomic mass is 19.4. The number of carbonyl (C=O) groups is 1. The molecule has 0 atom stereocenters. The van der Waals surface area contributed by atoms with Gasteiger partial charge in [-0.25, -0.2) is 14.5 Å². The molecule has 0 amide bonds. The van der Waals surface area contributed by atoms with Crippen molar-refractivity contribution in [3.8, 4) is 5.69 Å². The van der Waals surface area contributed by atoms with Crippen LogP contribution in [0.1, 0.15) is 40.8 Å². The van der Waals surface area contributed by atoms with Gasteiger partial charge in [0.1, 0.15) is 5.82 Å². The minimum atomic E-state index is -4.41. The molecule has 21 heavy (non-hydrogen) atoms. The van der Waals surface area contributed by atoms with Gasteiger partial charge < -0.3 is 5.11 Å². The molecule has 2 aromatic rings. The van der Waals surface area contributed by atoms with Crippen LogP contribution >= 0.6 is 0 Å². The van der Waals surface area contributed by atoms with Gasteiger partial charge in [-0.2, -0.15) is 13.2 Å². The van der Waals surface area contributed by atoms with E-state index in [1.54, 1.807) is 0 Å². The minimum absolute atomic E-state index is 0.118. The van der Waals surface area contributed by atoms with Crippen LogP contribution in [0.5, 0.6) is 0 Å². The van der Waals surface area contributed by atoms with E-state index in [-0.39, 0.29) is 11.7 Å². The van der Waals surface area contributed by atoms with Gasteiger partial charge in [0.2, 0.25) is 0 Å². The number of aromatic carboxylic acids is 1. The van der Waals surface area contributed by atoms with E-state index in [2.05, 4.69) is 10.1 Å². The number of carboxylic acids is 1. The molecule has 0 saturated heterocycles. The van der Waals surface area contributed by atoms with Crippen LogP contribution in [0, 0.1) is 0 Å². The molecule has 0 aliphatic heterocycles. The summed E-state index contributed by atoms with van der Waals surface area (Å²) in [7, 11) is 0. The number of hydrogen-bond donors (Lipinski definition) is 1. The standard InChI is InChI=1S/C13H10F3N3O2/c14-13(15,16)8-3-5-9(6-4-8)19-11(7-1-2-7)17-10(18-19)12(20)21/h3-7H,1-2H2,(H,20,21). The number of benzene rings is 1. The molecule has 5 nitrogen and oxygen atoms in total. The lowest BCUT2D eigenvalue weighted by atomic mass is 10.2. The number of aromatic nitrogens is 3. The van der Waals surface area contributed by atoms with Gasteiger partial charge in [-0.05, 0) is 37.1 Å². The zero-order valence-corrected chi connectivity index (χ0v) is 10.6. The van der Waals surface area contributed by atoms with E-state index in [4.69, 9.17) is 5.11 Å². The largest absolute Gasteiger partial charge is 0.475 e. The normalized spacial score (nSPS) is 15.2. The predicted molar refractivity (Wildman–Crippen MR) is 65.3 cm³/mol. The fourth-order valence-corrected chi connectivity index (χ4v) is 2.00. The quantitative estimate of drug-likeness (QED) is 0.946.